The smallest absolute Gasteiger partial charge is 0.277 e. The number of hydrogen-bond acceptors (Lipinski definition) is 3. The summed E-state index contributed by atoms with van der Waals surface area (Å²) < 4.78 is 13.5. The number of aromatic nitrogens is 1. The molecule has 0 radical (unpaired) electrons. The van der Waals surface area contributed by atoms with Crippen molar-refractivity contribution in [2.75, 3.05) is 0 Å². The third kappa shape index (κ3) is 2.05. The van der Waals surface area contributed by atoms with Crippen LogP contribution in [0.25, 0.3) is 11.3 Å². The molecule has 0 atom stereocenters. The van der Waals surface area contributed by atoms with Gasteiger partial charge in [-0.2, -0.15) is 0 Å². The van der Waals surface area contributed by atoms with Crippen LogP contribution >= 0.6 is 22.9 Å². The first-order valence-electron chi connectivity index (χ1n) is 4.28. The molecule has 0 aliphatic heterocycles. The second-order valence-electron chi connectivity index (χ2n) is 3.03. The zero-order valence-corrected chi connectivity index (χ0v) is 9.48. The van der Waals surface area contributed by atoms with Crippen molar-refractivity contribution in [2.45, 2.75) is 0 Å². The summed E-state index contributed by atoms with van der Waals surface area (Å²) in [6, 6.07) is 4.15. The van der Waals surface area contributed by atoms with Gasteiger partial charge in [0.25, 0.3) is 5.91 Å². The van der Waals surface area contributed by atoms with E-state index in [0.717, 1.165) is 11.3 Å². The Balaban J connectivity index is 2.50. The molecule has 82 valence electrons. The van der Waals surface area contributed by atoms with Crippen LogP contribution in [-0.2, 0) is 0 Å². The zero-order chi connectivity index (χ0) is 11.7. The molecule has 3 nitrogen and oxygen atoms in total. The first kappa shape index (κ1) is 11.0. The summed E-state index contributed by atoms with van der Waals surface area (Å²) >= 11 is 6.83. The second kappa shape index (κ2) is 4.19. The lowest BCUT2D eigenvalue weighted by molar-refractivity contribution is 0.1000. The summed E-state index contributed by atoms with van der Waals surface area (Å²) in [5.74, 6) is -1.07. The molecule has 6 heteroatoms. The molecule has 1 amide bonds. The van der Waals surface area contributed by atoms with E-state index in [4.69, 9.17) is 17.3 Å². The predicted octanol–water partition coefficient (Wildman–Crippen LogP) is 2.70. The highest BCUT2D eigenvalue weighted by Gasteiger charge is 2.12. The number of rotatable bonds is 2. The van der Waals surface area contributed by atoms with Gasteiger partial charge < -0.3 is 5.73 Å². The van der Waals surface area contributed by atoms with Gasteiger partial charge in [-0.05, 0) is 18.2 Å². The number of benzene rings is 1. The van der Waals surface area contributed by atoms with Gasteiger partial charge in [0.2, 0.25) is 0 Å². The Morgan fingerprint density at radius 1 is 1.50 bits per heavy atom. The van der Waals surface area contributed by atoms with Crippen LogP contribution in [0.5, 0.6) is 0 Å². The Labute approximate surface area is 99.7 Å². The summed E-state index contributed by atoms with van der Waals surface area (Å²) in [4.78, 5) is 14.8. The summed E-state index contributed by atoms with van der Waals surface area (Å²) in [5, 5.41) is 2.12. The van der Waals surface area contributed by atoms with Crippen molar-refractivity contribution in [1.29, 1.82) is 0 Å². The fourth-order valence-corrected chi connectivity index (χ4v) is 2.05. The number of carbonyl (C=O) groups is 1. The van der Waals surface area contributed by atoms with Crippen molar-refractivity contribution in [1.82, 2.24) is 4.98 Å². The number of thiazole rings is 1. The molecule has 0 unspecified atom stereocenters. The van der Waals surface area contributed by atoms with Gasteiger partial charge in [0.1, 0.15) is 5.82 Å². The average Bonchev–Trinajstić information content (AvgIpc) is 2.70. The van der Waals surface area contributed by atoms with Gasteiger partial charge in [0.05, 0.1) is 5.69 Å². The minimum absolute atomic E-state index is 0.148. The number of nitrogens with zero attached hydrogens (tertiary/aromatic N) is 1. The van der Waals surface area contributed by atoms with E-state index in [2.05, 4.69) is 4.98 Å². The molecule has 1 aromatic carbocycles. The van der Waals surface area contributed by atoms with E-state index < -0.39 is 11.7 Å². The maximum Gasteiger partial charge on any atom is 0.277 e. The minimum atomic E-state index is -0.626. The summed E-state index contributed by atoms with van der Waals surface area (Å²) in [5.41, 5.74) is 5.68. The number of primary amides is 1. The van der Waals surface area contributed by atoms with Gasteiger partial charge in [-0.15, -0.1) is 11.3 Å². The molecule has 2 N–H and O–H groups in total. The fraction of sp³-hybridized carbons (Fsp3) is 0. The molecular formula is C10H6ClFN2OS. The molecule has 0 aliphatic carbocycles. The Morgan fingerprint density at radius 3 is 2.88 bits per heavy atom. The molecule has 0 saturated carbocycles. The van der Waals surface area contributed by atoms with Crippen LogP contribution in [0.15, 0.2) is 23.6 Å². The van der Waals surface area contributed by atoms with Gasteiger partial charge in [0, 0.05) is 16.0 Å². The highest BCUT2D eigenvalue weighted by Crippen LogP contribution is 2.27. The van der Waals surface area contributed by atoms with Crippen LogP contribution in [0, 0.1) is 5.82 Å². The van der Waals surface area contributed by atoms with E-state index in [0.29, 0.717) is 10.7 Å². The number of nitrogens with two attached hydrogens (primary N) is 1. The van der Waals surface area contributed by atoms with Crippen LogP contribution in [0.2, 0.25) is 5.02 Å². The van der Waals surface area contributed by atoms with Crippen molar-refractivity contribution < 1.29 is 9.18 Å². The maximum absolute atomic E-state index is 13.5. The maximum atomic E-state index is 13.5. The Kier molecular flexibility index (Phi) is 2.89. The molecule has 0 fully saturated rings. The third-order valence-electron chi connectivity index (χ3n) is 1.92. The van der Waals surface area contributed by atoms with Crippen LogP contribution in [0.3, 0.4) is 0 Å². The van der Waals surface area contributed by atoms with E-state index in [1.165, 1.54) is 18.2 Å². The predicted molar refractivity (Wildman–Crippen MR) is 61.0 cm³/mol. The molecule has 0 spiro atoms. The number of hydrogen-bond donors (Lipinski definition) is 1. The van der Waals surface area contributed by atoms with Gasteiger partial charge in [0.15, 0.2) is 5.01 Å². The topological polar surface area (TPSA) is 56.0 Å². The molecule has 0 saturated heterocycles. The van der Waals surface area contributed by atoms with Crippen LogP contribution in [-0.4, -0.2) is 10.9 Å². The zero-order valence-electron chi connectivity index (χ0n) is 7.91. The molecule has 0 bridgehead atoms. The molecule has 1 aromatic heterocycles. The molecule has 0 aliphatic rings. The van der Waals surface area contributed by atoms with Crippen molar-refractivity contribution >= 4 is 28.8 Å². The Hall–Kier alpha value is -1.46. The minimum Gasteiger partial charge on any atom is -0.364 e. The number of carbonyl (C=O) groups excluding carboxylic acids is 1. The van der Waals surface area contributed by atoms with Gasteiger partial charge in [-0.1, -0.05) is 11.6 Å². The average molecular weight is 257 g/mol. The summed E-state index contributed by atoms with van der Waals surface area (Å²) in [6.07, 6.45) is 0. The van der Waals surface area contributed by atoms with E-state index in [1.54, 1.807) is 5.38 Å². The van der Waals surface area contributed by atoms with Crippen LogP contribution in [0.4, 0.5) is 4.39 Å². The monoisotopic (exact) mass is 256 g/mol. The highest BCUT2D eigenvalue weighted by molar-refractivity contribution is 7.12. The lowest BCUT2D eigenvalue weighted by atomic mass is 10.1. The Morgan fingerprint density at radius 2 is 2.25 bits per heavy atom. The van der Waals surface area contributed by atoms with Crippen LogP contribution in [0.1, 0.15) is 9.80 Å². The first-order chi connectivity index (χ1) is 7.58. The lowest BCUT2D eigenvalue weighted by Gasteiger charge is -1.99. The number of halogens is 2. The van der Waals surface area contributed by atoms with Crippen molar-refractivity contribution in [3.05, 3.63) is 39.4 Å². The SMILES string of the molecule is NC(=O)c1nc(-c2cc(Cl)ccc2F)cs1. The molecule has 2 aromatic rings. The molecular weight excluding hydrogens is 251 g/mol. The van der Waals surface area contributed by atoms with Crippen molar-refractivity contribution in [3.63, 3.8) is 0 Å². The standard InChI is InChI=1S/C10H6ClFN2OS/c11-5-1-2-7(12)6(3-5)8-4-16-10(14-8)9(13)15/h1-4H,(H2,13,15). The van der Waals surface area contributed by atoms with E-state index in [-0.39, 0.29) is 10.6 Å². The van der Waals surface area contributed by atoms with E-state index >= 15 is 0 Å². The largest absolute Gasteiger partial charge is 0.364 e. The van der Waals surface area contributed by atoms with Gasteiger partial charge >= 0.3 is 0 Å². The third-order valence-corrected chi connectivity index (χ3v) is 3.01. The summed E-state index contributed by atoms with van der Waals surface area (Å²) in [6.45, 7) is 0. The number of amides is 1. The van der Waals surface area contributed by atoms with Gasteiger partial charge in [-0.25, -0.2) is 9.37 Å². The van der Waals surface area contributed by atoms with Crippen molar-refractivity contribution in [2.24, 2.45) is 5.73 Å². The van der Waals surface area contributed by atoms with E-state index in [9.17, 15) is 9.18 Å². The fourth-order valence-electron chi connectivity index (χ4n) is 1.20. The molecule has 16 heavy (non-hydrogen) atoms. The second-order valence-corrected chi connectivity index (χ2v) is 4.32. The van der Waals surface area contributed by atoms with Gasteiger partial charge in [-0.3, -0.25) is 4.79 Å². The molecule has 1 heterocycles. The lowest BCUT2D eigenvalue weighted by Crippen LogP contribution is -2.10. The quantitative estimate of drug-likeness (QED) is 0.898. The molecule has 2 rings (SSSR count). The Bertz CT molecular complexity index is 556. The highest BCUT2D eigenvalue weighted by atomic mass is 35.5. The van der Waals surface area contributed by atoms with Crippen LogP contribution < -0.4 is 5.73 Å². The normalized spacial score (nSPS) is 10.4. The first-order valence-corrected chi connectivity index (χ1v) is 5.54. The van der Waals surface area contributed by atoms with E-state index in [1.807, 2.05) is 0 Å². The summed E-state index contributed by atoms with van der Waals surface area (Å²) in [7, 11) is 0. The van der Waals surface area contributed by atoms with Crippen molar-refractivity contribution in [3.8, 4) is 11.3 Å².